The van der Waals surface area contributed by atoms with Crippen LogP contribution < -0.4 is 16.6 Å². The summed E-state index contributed by atoms with van der Waals surface area (Å²) in [5.41, 5.74) is 8.32. The van der Waals surface area contributed by atoms with E-state index in [1.165, 1.54) is 6.20 Å². The zero-order chi connectivity index (χ0) is 21.3. The molecule has 0 amide bonds. The minimum absolute atomic E-state index is 0.0679. The second-order valence-corrected chi connectivity index (χ2v) is 7.05. The van der Waals surface area contributed by atoms with Crippen molar-refractivity contribution in [2.24, 2.45) is 0 Å². The first-order valence-electron chi connectivity index (χ1n) is 9.49. The lowest BCUT2D eigenvalue weighted by Crippen LogP contribution is -2.26. The van der Waals surface area contributed by atoms with E-state index in [1.807, 2.05) is 68.4 Å². The Morgan fingerprint density at radius 2 is 1.93 bits per heavy atom. The van der Waals surface area contributed by atoms with Gasteiger partial charge >= 0.3 is 0 Å². The molecule has 7 heteroatoms. The summed E-state index contributed by atoms with van der Waals surface area (Å²) >= 11 is 0. The fourth-order valence-electron chi connectivity index (χ4n) is 3.58. The summed E-state index contributed by atoms with van der Waals surface area (Å²) in [5, 5.41) is 14.1. The van der Waals surface area contributed by atoms with Gasteiger partial charge in [0.15, 0.2) is 0 Å². The van der Waals surface area contributed by atoms with Gasteiger partial charge in [-0.25, -0.2) is 4.98 Å². The summed E-state index contributed by atoms with van der Waals surface area (Å²) in [4.78, 5) is 21.6. The quantitative estimate of drug-likeness (QED) is 0.544. The highest BCUT2D eigenvalue weighted by atomic mass is 16.1. The third-order valence-electron chi connectivity index (χ3n) is 5.02. The number of aromatic nitrogens is 3. The smallest absolute Gasteiger partial charge is 0.263 e. The molecule has 2 heterocycles. The third-order valence-corrected chi connectivity index (χ3v) is 5.02. The number of fused-ring (bicyclic) bond motifs is 1. The van der Waals surface area contributed by atoms with Gasteiger partial charge in [0.25, 0.3) is 5.56 Å². The Bertz CT molecular complexity index is 1340. The number of benzene rings is 2. The van der Waals surface area contributed by atoms with Gasteiger partial charge in [0.05, 0.1) is 17.6 Å². The summed E-state index contributed by atoms with van der Waals surface area (Å²) in [6, 6.07) is 19.0. The predicted octanol–water partition coefficient (Wildman–Crippen LogP) is 3.72. The molecule has 148 valence electrons. The second kappa shape index (κ2) is 7.68. The van der Waals surface area contributed by atoms with Crippen LogP contribution in [0.4, 0.5) is 11.8 Å². The Kier molecular flexibility index (Phi) is 4.90. The summed E-state index contributed by atoms with van der Waals surface area (Å²) in [6.45, 7) is 3.85. The van der Waals surface area contributed by atoms with Crippen molar-refractivity contribution in [1.82, 2.24) is 14.5 Å². The normalized spacial score (nSPS) is 11.8. The van der Waals surface area contributed by atoms with Crippen molar-refractivity contribution >= 4 is 22.5 Å². The molecule has 4 aromatic rings. The van der Waals surface area contributed by atoms with Gasteiger partial charge in [0, 0.05) is 11.4 Å². The molecule has 0 aliphatic heterocycles. The minimum Gasteiger partial charge on any atom is -0.368 e. The maximum atomic E-state index is 13.5. The molecular weight excluding hydrogens is 376 g/mol. The van der Waals surface area contributed by atoms with Crippen molar-refractivity contribution in [3.63, 3.8) is 0 Å². The van der Waals surface area contributed by atoms with E-state index >= 15 is 0 Å². The number of para-hydroxylation sites is 1. The lowest BCUT2D eigenvalue weighted by atomic mass is 10.0. The fraction of sp³-hybridized carbons (Fsp3) is 0.130. The summed E-state index contributed by atoms with van der Waals surface area (Å²) in [5.74, 6) is 0.396. The molecule has 0 fully saturated rings. The van der Waals surface area contributed by atoms with Crippen LogP contribution in [0, 0.1) is 18.3 Å². The number of nitrogens with one attached hydrogen (secondary N) is 1. The second-order valence-electron chi connectivity index (χ2n) is 7.05. The Labute approximate surface area is 173 Å². The van der Waals surface area contributed by atoms with Gasteiger partial charge < -0.3 is 11.1 Å². The number of hydrogen-bond donors (Lipinski definition) is 2. The van der Waals surface area contributed by atoms with Crippen molar-refractivity contribution in [2.75, 3.05) is 11.1 Å². The Morgan fingerprint density at radius 3 is 2.67 bits per heavy atom. The predicted molar refractivity (Wildman–Crippen MR) is 117 cm³/mol. The van der Waals surface area contributed by atoms with Gasteiger partial charge in [-0.15, -0.1) is 0 Å². The molecule has 2 aromatic heterocycles. The topological polar surface area (TPSA) is 110 Å². The molecule has 0 bridgehead atoms. The monoisotopic (exact) mass is 396 g/mol. The molecule has 0 saturated heterocycles. The van der Waals surface area contributed by atoms with Crippen LogP contribution in [-0.4, -0.2) is 14.5 Å². The standard InChI is InChI=1S/C23H20N6O/c1-14-7-6-8-16-11-19(15(2)27-21-17(12-24)13-26-23(25)28-21)29(22(30)20(14)16)18-9-4-3-5-10-18/h3-11,13,15H,1-2H3,(H3,25,26,27,28)/t15-/m0/s1. The molecule has 0 aliphatic rings. The van der Waals surface area contributed by atoms with Crippen molar-refractivity contribution in [3.8, 4) is 11.8 Å². The van der Waals surface area contributed by atoms with Crippen LogP contribution in [0.15, 0.2) is 65.6 Å². The Morgan fingerprint density at radius 1 is 1.17 bits per heavy atom. The molecule has 7 nitrogen and oxygen atoms in total. The number of nitrogen functional groups attached to an aromatic ring is 1. The van der Waals surface area contributed by atoms with Crippen molar-refractivity contribution in [1.29, 1.82) is 5.26 Å². The number of nitrogens with two attached hydrogens (primary N) is 1. The number of hydrogen-bond acceptors (Lipinski definition) is 6. The van der Waals surface area contributed by atoms with Gasteiger partial charge in [0.1, 0.15) is 17.5 Å². The van der Waals surface area contributed by atoms with Gasteiger partial charge in [-0.2, -0.15) is 10.2 Å². The van der Waals surface area contributed by atoms with E-state index in [-0.39, 0.29) is 23.1 Å². The first kappa shape index (κ1) is 19.2. The molecule has 2 aromatic carbocycles. The van der Waals surface area contributed by atoms with Gasteiger partial charge in [-0.1, -0.05) is 36.4 Å². The number of nitriles is 1. The molecule has 30 heavy (non-hydrogen) atoms. The zero-order valence-corrected chi connectivity index (χ0v) is 16.6. The van der Waals surface area contributed by atoms with Crippen LogP contribution in [-0.2, 0) is 0 Å². The molecule has 1 atom stereocenters. The molecule has 0 unspecified atom stereocenters. The molecular formula is C23H20N6O. The van der Waals surface area contributed by atoms with Crippen molar-refractivity contribution in [3.05, 3.63) is 88.0 Å². The van der Waals surface area contributed by atoms with Crippen LogP contribution in [0.3, 0.4) is 0 Å². The Hall–Kier alpha value is -4.18. The highest BCUT2D eigenvalue weighted by Crippen LogP contribution is 2.26. The molecule has 0 spiro atoms. The summed E-state index contributed by atoms with van der Waals surface area (Å²) < 4.78 is 1.70. The summed E-state index contributed by atoms with van der Waals surface area (Å²) in [6.07, 6.45) is 1.38. The first-order chi connectivity index (χ1) is 14.5. The van der Waals surface area contributed by atoms with E-state index in [2.05, 4.69) is 21.4 Å². The van der Waals surface area contributed by atoms with E-state index in [1.54, 1.807) is 4.57 Å². The SMILES string of the molecule is Cc1cccc2cc([C@H](C)Nc3nc(N)ncc3C#N)n(-c3ccccc3)c(=O)c12. The highest BCUT2D eigenvalue weighted by molar-refractivity contribution is 5.85. The summed E-state index contributed by atoms with van der Waals surface area (Å²) in [7, 11) is 0. The fourth-order valence-corrected chi connectivity index (χ4v) is 3.58. The number of aryl methyl sites for hydroxylation is 1. The largest absolute Gasteiger partial charge is 0.368 e. The van der Waals surface area contributed by atoms with Crippen LogP contribution >= 0.6 is 0 Å². The van der Waals surface area contributed by atoms with Crippen LogP contribution in [0.5, 0.6) is 0 Å². The molecule has 0 radical (unpaired) electrons. The maximum Gasteiger partial charge on any atom is 0.263 e. The van der Waals surface area contributed by atoms with Gasteiger partial charge in [-0.05, 0) is 43.0 Å². The van der Waals surface area contributed by atoms with E-state index in [0.29, 0.717) is 11.2 Å². The van der Waals surface area contributed by atoms with Crippen molar-refractivity contribution in [2.45, 2.75) is 19.9 Å². The number of rotatable bonds is 4. The molecule has 4 rings (SSSR count). The minimum atomic E-state index is -0.343. The van der Waals surface area contributed by atoms with E-state index < -0.39 is 0 Å². The highest BCUT2D eigenvalue weighted by Gasteiger charge is 2.19. The van der Waals surface area contributed by atoms with Crippen LogP contribution in [0.1, 0.15) is 29.8 Å². The molecule has 0 saturated carbocycles. The van der Waals surface area contributed by atoms with Gasteiger partial charge in [0.2, 0.25) is 5.95 Å². The third kappa shape index (κ3) is 3.35. The van der Waals surface area contributed by atoms with Gasteiger partial charge in [-0.3, -0.25) is 9.36 Å². The number of anilines is 2. The Balaban J connectivity index is 1.93. The number of pyridine rings is 1. The van der Waals surface area contributed by atoms with Crippen LogP contribution in [0.2, 0.25) is 0 Å². The molecule has 0 aliphatic carbocycles. The number of nitrogens with zero attached hydrogens (tertiary/aromatic N) is 4. The van der Waals surface area contributed by atoms with E-state index in [9.17, 15) is 10.1 Å². The van der Waals surface area contributed by atoms with Crippen LogP contribution in [0.25, 0.3) is 16.5 Å². The first-order valence-corrected chi connectivity index (χ1v) is 9.49. The van der Waals surface area contributed by atoms with Crippen molar-refractivity contribution < 1.29 is 0 Å². The average Bonchev–Trinajstić information content (AvgIpc) is 2.74. The average molecular weight is 396 g/mol. The van der Waals surface area contributed by atoms with E-state index in [4.69, 9.17) is 5.73 Å². The molecule has 3 N–H and O–H groups in total. The maximum absolute atomic E-state index is 13.5. The lowest BCUT2D eigenvalue weighted by Gasteiger charge is -2.22. The lowest BCUT2D eigenvalue weighted by molar-refractivity contribution is 0.772. The van der Waals surface area contributed by atoms with E-state index in [0.717, 1.165) is 22.3 Å². The zero-order valence-electron chi connectivity index (χ0n) is 16.6.